The van der Waals surface area contributed by atoms with Gasteiger partial charge in [0.05, 0.1) is 6.04 Å². The quantitative estimate of drug-likeness (QED) is 0.824. The summed E-state index contributed by atoms with van der Waals surface area (Å²) >= 11 is 1.80. The summed E-state index contributed by atoms with van der Waals surface area (Å²) in [5, 5.41) is 3.17. The Morgan fingerprint density at radius 3 is 2.94 bits per heavy atom. The molecule has 1 unspecified atom stereocenters. The fourth-order valence-electron chi connectivity index (χ4n) is 1.90. The number of amides is 1. The highest BCUT2D eigenvalue weighted by Crippen LogP contribution is 2.17. The molecule has 0 spiro atoms. The molecular formula is C13H18N2OS. The number of benzene rings is 1. The maximum absolute atomic E-state index is 11.8. The van der Waals surface area contributed by atoms with Gasteiger partial charge in [-0.3, -0.25) is 4.79 Å². The van der Waals surface area contributed by atoms with Crippen LogP contribution < -0.4 is 5.32 Å². The van der Waals surface area contributed by atoms with Crippen LogP contribution in [0.4, 0.5) is 0 Å². The molecule has 4 heteroatoms. The predicted octanol–water partition coefficient (Wildman–Crippen LogP) is 1.60. The first kappa shape index (κ1) is 12.5. The van der Waals surface area contributed by atoms with E-state index in [0.29, 0.717) is 0 Å². The Morgan fingerprint density at radius 2 is 2.18 bits per heavy atom. The van der Waals surface area contributed by atoms with Crippen LogP contribution in [0.3, 0.4) is 0 Å². The highest BCUT2D eigenvalue weighted by atomic mass is 32.2. The molecule has 1 aliphatic rings. The maximum atomic E-state index is 11.8. The van der Waals surface area contributed by atoms with Crippen LogP contribution in [-0.2, 0) is 4.79 Å². The van der Waals surface area contributed by atoms with E-state index in [4.69, 9.17) is 0 Å². The summed E-state index contributed by atoms with van der Waals surface area (Å²) < 4.78 is 0. The van der Waals surface area contributed by atoms with E-state index in [-0.39, 0.29) is 11.9 Å². The van der Waals surface area contributed by atoms with Crippen LogP contribution in [0.2, 0.25) is 0 Å². The zero-order valence-electron chi connectivity index (χ0n) is 10.1. The molecule has 1 aromatic rings. The number of thioether (sulfide) groups is 1. The van der Waals surface area contributed by atoms with E-state index in [1.165, 1.54) is 4.90 Å². The van der Waals surface area contributed by atoms with Crippen LogP contribution in [0.5, 0.6) is 0 Å². The van der Waals surface area contributed by atoms with E-state index in [1.807, 2.05) is 30.0 Å². The number of hydrogen-bond donors (Lipinski definition) is 1. The van der Waals surface area contributed by atoms with Gasteiger partial charge in [0, 0.05) is 30.3 Å². The lowest BCUT2D eigenvalue weighted by atomic mass is 10.2. The summed E-state index contributed by atoms with van der Waals surface area (Å²) in [4.78, 5) is 15.0. The number of carbonyl (C=O) groups excluding carboxylic acids is 1. The SMILES string of the molecule is CC1NCCN(CCSc2ccccc2)C1=O. The normalized spacial score (nSPS) is 20.6. The lowest BCUT2D eigenvalue weighted by Crippen LogP contribution is -2.54. The number of carbonyl (C=O) groups is 1. The zero-order valence-corrected chi connectivity index (χ0v) is 10.9. The molecule has 0 aromatic heterocycles. The maximum Gasteiger partial charge on any atom is 0.239 e. The fourth-order valence-corrected chi connectivity index (χ4v) is 2.80. The molecule has 0 saturated carbocycles. The first-order valence-electron chi connectivity index (χ1n) is 5.97. The average Bonchev–Trinajstić information content (AvgIpc) is 2.36. The minimum atomic E-state index is -0.0227. The molecule has 92 valence electrons. The van der Waals surface area contributed by atoms with Crippen LogP contribution in [0.1, 0.15) is 6.92 Å². The van der Waals surface area contributed by atoms with Gasteiger partial charge in [-0.05, 0) is 19.1 Å². The highest BCUT2D eigenvalue weighted by molar-refractivity contribution is 7.99. The van der Waals surface area contributed by atoms with Gasteiger partial charge >= 0.3 is 0 Å². The van der Waals surface area contributed by atoms with Gasteiger partial charge in [0.2, 0.25) is 5.91 Å². The van der Waals surface area contributed by atoms with Gasteiger partial charge in [-0.15, -0.1) is 11.8 Å². The van der Waals surface area contributed by atoms with Crippen molar-refractivity contribution in [2.75, 3.05) is 25.4 Å². The molecule has 3 nitrogen and oxygen atoms in total. The summed E-state index contributed by atoms with van der Waals surface area (Å²) in [5.41, 5.74) is 0. The van der Waals surface area contributed by atoms with Crippen molar-refractivity contribution in [1.82, 2.24) is 10.2 Å². The second-order valence-corrected chi connectivity index (χ2v) is 5.33. The topological polar surface area (TPSA) is 32.3 Å². The number of nitrogens with zero attached hydrogens (tertiary/aromatic N) is 1. The van der Waals surface area contributed by atoms with E-state index in [9.17, 15) is 4.79 Å². The molecule has 2 rings (SSSR count). The summed E-state index contributed by atoms with van der Waals surface area (Å²) in [6.07, 6.45) is 0. The summed E-state index contributed by atoms with van der Waals surface area (Å²) in [6, 6.07) is 10.3. The van der Waals surface area contributed by atoms with Gasteiger partial charge in [0.25, 0.3) is 0 Å². The Bertz CT molecular complexity index is 369. The molecule has 0 aliphatic carbocycles. The predicted molar refractivity (Wildman–Crippen MR) is 71.2 cm³/mol. The Morgan fingerprint density at radius 1 is 1.41 bits per heavy atom. The third kappa shape index (κ3) is 3.48. The van der Waals surface area contributed by atoms with E-state index >= 15 is 0 Å². The molecule has 1 atom stereocenters. The number of hydrogen-bond acceptors (Lipinski definition) is 3. The van der Waals surface area contributed by atoms with Crippen molar-refractivity contribution in [3.05, 3.63) is 30.3 Å². The van der Waals surface area contributed by atoms with Gasteiger partial charge in [-0.2, -0.15) is 0 Å². The second kappa shape index (κ2) is 6.07. The van der Waals surface area contributed by atoms with Crippen molar-refractivity contribution in [3.63, 3.8) is 0 Å². The van der Waals surface area contributed by atoms with Gasteiger partial charge in [-0.25, -0.2) is 0 Å². The molecule has 1 heterocycles. The van der Waals surface area contributed by atoms with E-state index in [2.05, 4.69) is 17.4 Å². The minimum Gasteiger partial charge on any atom is -0.339 e. The third-order valence-corrected chi connectivity index (χ3v) is 3.88. The van der Waals surface area contributed by atoms with Crippen molar-refractivity contribution < 1.29 is 4.79 Å². The lowest BCUT2D eigenvalue weighted by molar-refractivity contribution is -0.134. The largest absolute Gasteiger partial charge is 0.339 e. The first-order chi connectivity index (χ1) is 8.27. The van der Waals surface area contributed by atoms with Gasteiger partial charge in [-0.1, -0.05) is 18.2 Å². The molecule has 1 fully saturated rings. The number of piperazine rings is 1. The van der Waals surface area contributed by atoms with E-state index in [1.54, 1.807) is 11.8 Å². The van der Waals surface area contributed by atoms with Crippen LogP contribution in [0.25, 0.3) is 0 Å². The monoisotopic (exact) mass is 250 g/mol. The average molecular weight is 250 g/mol. The molecule has 1 amide bonds. The molecule has 0 radical (unpaired) electrons. The standard InChI is InChI=1S/C13H18N2OS/c1-11-13(16)15(8-7-14-11)9-10-17-12-5-3-2-4-6-12/h2-6,11,14H,7-10H2,1H3. The van der Waals surface area contributed by atoms with Gasteiger partial charge in [0.15, 0.2) is 0 Å². The lowest BCUT2D eigenvalue weighted by Gasteiger charge is -2.31. The molecular weight excluding hydrogens is 232 g/mol. The Kier molecular flexibility index (Phi) is 4.45. The Hall–Kier alpha value is -1.00. The van der Waals surface area contributed by atoms with Gasteiger partial charge < -0.3 is 10.2 Å². The summed E-state index contributed by atoms with van der Waals surface area (Å²) in [6.45, 7) is 4.50. The molecule has 1 aliphatic heterocycles. The van der Waals surface area contributed by atoms with Crippen LogP contribution in [-0.4, -0.2) is 42.2 Å². The molecule has 0 bridgehead atoms. The van der Waals surface area contributed by atoms with Gasteiger partial charge in [0.1, 0.15) is 0 Å². The second-order valence-electron chi connectivity index (χ2n) is 4.16. The molecule has 1 saturated heterocycles. The fraction of sp³-hybridized carbons (Fsp3) is 0.462. The number of rotatable bonds is 4. The minimum absolute atomic E-state index is 0.0227. The number of nitrogens with one attached hydrogen (secondary N) is 1. The van der Waals surface area contributed by atoms with Crippen molar-refractivity contribution >= 4 is 17.7 Å². The Labute approximate surface area is 107 Å². The van der Waals surface area contributed by atoms with Crippen molar-refractivity contribution in [2.45, 2.75) is 17.9 Å². The van der Waals surface area contributed by atoms with E-state index in [0.717, 1.165) is 25.4 Å². The summed E-state index contributed by atoms with van der Waals surface area (Å²) in [5.74, 6) is 1.19. The first-order valence-corrected chi connectivity index (χ1v) is 6.96. The third-order valence-electron chi connectivity index (χ3n) is 2.89. The zero-order chi connectivity index (χ0) is 12.1. The van der Waals surface area contributed by atoms with Crippen LogP contribution >= 0.6 is 11.8 Å². The van der Waals surface area contributed by atoms with Crippen LogP contribution in [0.15, 0.2) is 35.2 Å². The molecule has 17 heavy (non-hydrogen) atoms. The van der Waals surface area contributed by atoms with Crippen molar-refractivity contribution in [1.29, 1.82) is 0 Å². The highest BCUT2D eigenvalue weighted by Gasteiger charge is 2.23. The summed E-state index contributed by atoms with van der Waals surface area (Å²) in [7, 11) is 0. The van der Waals surface area contributed by atoms with Crippen molar-refractivity contribution in [2.24, 2.45) is 0 Å². The Balaban J connectivity index is 1.77. The molecule has 1 N–H and O–H groups in total. The van der Waals surface area contributed by atoms with E-state index < -0.39 is 0 Å². The van der Waals surface area contributed by atoms with Crippen LogP contribution in [0, 0.1) is 0 Å². The molecule has 1 aromatic carbocycles. The van der Waals surface area contributed by atoms with Crippen molar-refractivity contribution in [3.8, 4) is 0 Å². The smallest absolute Gasteiger partial charge is 0.239 e.